The summed E-state index contributed by atoms with van der Waals surface area (Å²) in [5.41, 5.74) is 6.12. The van der Waals surface area contributed by atoms with Crippen LogP contribution in [0.3, 0.4) is 0 Å². The Bertz CT molecular complexity index is 1390. The molecule has 0 unspecified atom stereocenters. The van der Waals surface area contributed by atoms with Crippen LogP contribution in [0.25, 0.3) is 11.1 Å². The first-order chi connectivity index (χ1) is 19.5. The molecule has 208 valence electrons. The molecule has 1 amide bonds. The van der Waals surface area contributed by atoms with Gasteiger partial charge in [-0.05, 0) is 59.2 Å². The zero-order valence-electron chi connectivity index (χ0n) is 22.0. The van der Waals surface area contributed by atoms with Crippen molar-refractivity contribution in [2.45, 2.75) is 37.9 Å². The van der Waals surface area contributed by atoms with Crippen molar-refractivity contribution >= 4 is 17.4 Å². The second-order valence-corrected chi connectivity index (χ2v) is 9.77. The number of hydrogen-bond acceptors (Lipinski definition) is 8. The topological polar surface area (TPSA) is 136 Å². The van der Waals surface area contributed by atoms with Crippen LogP contribution >= 0.6 is 0 Å². The molecular weight excluding hydrogens is 512 g/mol. The molecule has 0 saturated carbocycles. The van der Waals surface area contributed by atoms with Crippen molar-refractivity contribution in [2.75, 3.05) is 31.6 Å². The number of anilines is 1. The number of carbonyl (C=O) groups is 1. The lowest BCUT2D eigenvalue weighted by molar-refractivity contribution is -0.385. The zero-order valence-corrected chi connectivity index (χ0v) is 22.0. The molecule has 40 heavy (non-hydrogen) atoms. The van der Waals surface area contributed by atoms with Gasteiger partial charge in [0.15, 0.2) is 5.76 Å². The Morgan fingerprint density at radius 1 is 1.10 bits per heavy atom. The first kappa shape index (κ1) is 27.3. The molecule has 1 aliphatic carbocycles. The van der Waals surface area contributed by atoms with Crippen LogP contribution in [0.2, 0.25) is 0 Å². The minimum atomic E-state index is -0.587. The SMILES string of the molecule is O=C(NCCNc1ccc([N+](=O)[O-])cn1)C1=C[C@@H](c2cccc3c2Cc2ccccc2-3)C[C@@H](OCCCCO)O1. The van der Waals surface area contributed by atoms with E-state index in [1.807, 2.05) is 6.08 Å². The zero-order chi connectivity index (χ0) is 27.9. The molecule has 2 atom stereocenters. The Morgan fingerprint density at radius 3 is 2.75 bits per heavy atom. The molecule has 0 saturated heterocycles. The Labute approximate surface area is 232 Å². The maximum absolute atomic E-state index is 13.1. The molecule has 5 rings (SSSR count). The third-order valence-corrected chi connectivity index (χ3v) is 7.10. The maximum Gasteiger partial charge on any atom is 0.287 e. The number of amides is 1. The van der Waals surface area contributed by atoms with Gasteiger partial charge in [0, 0.05) is 38.1 Å². The summed E-state index contributed by atoms with van der Waals surface area (Å²) in [5, 5.41) is 25.8. The molecule has 0 fully saturated rings. The third kappa shape index (κ3) is 6.30. The summed E-state index contributed by atoms with van der Waals surface area (Å²) in [6.07, 6.45) is 5.24. The van der Waals surface area contributed by atoms with E-state index in [0.29, 0.717) is 44.8 Å². The van der Waals surface area contributed by atoms with E-state index in [2.05, 4.69) is 58.1 Å². The van der Waals surface area contributed by atoms with Crippen LogP contribution in [0.15, 0.2) is 72.6 Å². The highest BCUT2D eigenvalue weighted by atomic mass is 16.7. The first-order valence-corrected chi connectivity index (χ1v) is 13.5. The second-order valence-electron chi connectivity index (χ2n) is 9.77. The van der Waals surface area contributed by atoms with Crippen molar-refractivity contribution in [3.63, 3.8) is 0 Å². The molecule has 2 aliphatic rings. The van der Waals surface area contributed by atoms with Gasteiger partial charge in [0.2, 0.25) is 6.29 Å². The van der Waals surface area contributed by atoms with Crippen LogP contribution in [0.5, 0.6) is 0 Å². The summed E-state index contributed by atoms with van der Waals surface area (Å²) in [5.74, 6) is 0.278. The van der Waals surface area contributed by atoms with Crippen LogP contribution in [-0.4, -0.2) is 53.5 Å². The molecule has 2 aromatic carbocycles. The third-order valence-electron chi connectivity index (χ3n) is 7.10. The number of aliphatic hydroxyl groups excluding tert-OH is 1. The number of carbonyl (C=O) groups excluding carboxylic acids is 1. The van der Waals surface area contributed by atoms with Gasteiger partial charge in [0.25, 0.3) is 11.6 Å². The van der Waals surface area contributed by atoms with Gasteiger partial charge in [-0.3, -0.25) is 14.9 Å². The normalized spacial score (nSPS) is 17.3. The highest BCUT2D eigenvalue weighted by Crippen LogP contribution is 2.42. The van der Waals surface area contributed by atoms with Gasteiger partial charge in [0.05, 0.1) is 11.5 Å². The highest BCUT2D eigenvalue weighted by Gasteiger charge is 2.31. The average Bonchev–Trinajstić information content (AvgIpc) is 3.36. The first-order valence-electron chi connectivity index (χ1n) is 13.5. The predicted molar refractivity (Wildman–Crippen MR) is 150 cm³/mol. The molecule has 3 aromatic rings. The summed E-state index contributed by atoms with van der Waals surface area (Å²) in [7, 11) is 0. The van der Waals surface area contributed by atoms with E-state index >= 15 is 0 Å². The van der Waals surface area contributed by atoms with Gasteiger partial charge in [-0.2, -0.15) is 0 Å². The number of aromatic nitrogens is 1. The summed E-state index contributed by atoms with van der Waals surface area (Å²) in [6.45, 7) is 1.20. The van der Waals surface area contributed by atoms with Crippen LogP contribution < -0.4 is 10.6 Å². The van der Waals surface area contributed by atoms with Crippen molar-refractivity contribution < 1.29 is 24.3 Å². The number of hydrogen-bond donors (Lipinski definition) is 3. The summed E-state index contributed by atoms with van der Waals surface area (Å²) in [6, 6.07) is 17.6. The number of benzene rings is 2. The predicted octanol–water partition coefficient (Wildman–Crippen LogP) is 4.29. The van der Waals surface area contributed by atoms with Gasteiger partial charge < -0.3 is 25.2 Å². The van der Waals surface area contributed by atoms with Crippen molar-refractivity contribution in [2.24, 2.45) is 0 Å². The molecule has 0 bridgehead atoms. The number of rotatable bonds is 12. The lowest BCUT2D eigenvalue weighted by Crippen LogP contribution is -2.35. The van der Waals surface area contributed by atoms with Crippen molar-refractivity contribution in [3.8, 4) is 11.1 Å². The number of pyridine rings is 1. The Hall–Kier alpha value is -4.28. The lowest BCUT2D eigenvalue weighted by Gasteiger charge is -2.30. The Kier molecular flexibility index (Phi) is 8.68. The highest BCUT2D eigenvalue weighted by molar-refractivity contribution is 5.91. The standard InChI is InChI=1S/C30H32N4O6/c35-14-3-4-15-39-29-18-21(24-8-5-9-25-23-7-2-1-6-20(23)16-26(24)25)17-27(40-29)30(36)32-13-12-31-28-11-10-22(19-33-28)34(37)38/h1-2,5-11,17,19,21,29,35H,3-4,12-16,18H2,(H,31,33)(H,32,36)/t21-,29+/m1/s1. The van der Waals surface area contributed by atoms with E-state index in [0.717, 1.165) is 12.0 Å². The van der Waals surface area contributed by atoms with E-state index < -0.39 is 11.2 Å². The van der Waals surface area contributed by atoms with Crippen molar-refractivity contribution in [1.82, 2.24) is 10.3 Å². The fourth-order valence-corrected chi connectivity index (χ4v) is 5.15. The molecule has 1 aliphatic heterocycles. The monoisotopic (exact) mass is 544 g/mol. The lowest BCUT2D eigenvalue weighted by atomic mass is 9.87. The van der Waals surface area contributed by atoms with E-state index in [9.17, 15) is 14.9 Å². The van der Waals surface area contributed by atoms with E-state index in [1.54, 1.807) is 0 Å². The van der Waals surface area contributed by atoms with Crippen LogP contribution in [-0.2, 0) is 20.7 Å². The molecular formula is C30H32N4O6. The van der Waals surface area contributed by atoms with Crippen molar-refractivity contribution in [1.29, 1.82) is 0 Å². The van der Waals surface area contributed by atoms with E-state index in [-0.39, 0.29) is 29.9 Å². The number of allylic oxidation sites excluding steroid dienone is 1. The minimum Gasteiger partial charge on any atom is -0.459 e. The number of ether oxygens (including phenoxy) is 2. The van der Waals surface area contributed by atoms with Gasteiger partial charge in [-0.15, -0.1) is 0 Å². The fourth-order valence-electron chi connectivity index (χ4n) is 5.15. The molecule has 3 N–H and O–H groups in total. The number of nitro groups is 1. The van der Waals surface area contributed by atoms with Gasteiger partial charge in [0.1, 0.15) is 12.0 Å². The van der Waals surface area contributed by atoms with Gasteiger partial charge in [-0.1, -0.05) is 42.5 Å². The maximum atomic E-state index is 13.1. The fraction of sp³-hybridized carbons (Fsp3) is 0.333. The smallest absolute Gasteiger partial charge is 0.287 e. The Balaban J connectivity index is 1.27. The van der Waals surface area contributed by atoms with Gasteiger partial charge >= 0.3 is 0 Å². The molecule has 0 radical (unpaired) electrons. The Morgan fingerprint density at radius 2 is 1.95 bits per heavy atom. The number of fused-ring (bicyclic) bond motifs is 3. The second kappa shape index (κ2) is 12.7. The average molecular weight is 545 g/mol. The number of unbranched alkanes of at least 4 members (excludes halogenated alkanes) is 1. The number of aliphatic hydroxyl groups is 1. The van der Waals surface area contributed by atoms with E-state index in [1.165, 1.54) is 40.6 Å². The molecule has 0 spiro atoms. The minimum absolute atomic E-state index is 0.0657. The largest absolute Gasteiger partial charge is 0.459 e. The van der Waals surface area contributed by atoms with E-state index in [4.69, 9.17) is 14.6 Å². The number of nitrogens with zero attached hydrogens (tertiary/aromatic N) is 2. The quantitative estimate of drug-likeness (QED) is 0.137. The molecule has 10 nitrogen and oxygen atoms in total. The van der Waals surface area contributed by atoms with Crippen LogP contribution in [0.1, 0.15) is 41.9 Å². The molecule has 1 aromatic heterocycles. The summed E-state index contributed by atoms with van der Waals surface area (Å²) < 4.78 is 12.0. The van der Waals surface area contributed by atoms with Crippen LogP contribution in [0.4, 0.5) is 11.5 Å². The molecule has 2 heterocycles. The summed E-state index contributed by atoms with van der Waals surface area (Å²) in [4.78, 5) is 27.4. The number of nitrogens with one attached hydrogen (secondary N) is 2. The van der Waals surface area contributed by atoms with Crippen molar-refractivity contribution in [3.05, 3.63) is 99.4 Å². The van der Waals surface area contributed by atoms with Gasteiger partial charge in [-0.25, -0.2) is 4.98 Å². The summed E-state index contributed by atoms with van der Waals surface area (Å²) >= 11 is 0. The van der Waals surface area contributed by atoms with Crippen LogP contribution in [0, 0.1) is 10.1 Å². The molecule has 10 heteroatoms.